The Morgan fingerprint density at radius 1 is 1.15 bits per heavy atom. The molecular formula is C19H26N4O2S. The first-order chi connectivity index (χ1) is 12.6. The van der Waals surface area contributed by atoms with Gasteiger partial charge in [-0.05, 0) is 38.8 Å². The molecule has 0 spiro atoms. The summed E-state index contributed by atoms with van der Waals surface area (Å²) in [5.74, 6) is 0.565. The van der Waals surface area contributed by atoms with E-state index < -0.39 is 0 Å². The van der Waals surface area contributed by atoms with Crippen molar-refractivity contribution < 1.29 is 9.59 Å². The molecule has 0 atom stereocenters. The van der Waals surface area contributed by atoms with Gasteiger partial charge in [0.25, 0.3) is 0 Å². The Hall–Kier alpha value is -2.02. The number of fused-ring (bicyclic) bond motifs is 1. The minimum Gasteiger partial charge on any atom is -0.343 e. The first-order valence-corrected chi connectivity index (χ1v) is 10.3. The number of imidazole rings is 1. The molecule has 26 heavy (non-hydrogen) atoms. The maximum Gasteiger partial charge on any atom is 0.242 e. The third-order valence-corrected chi connectivity index (χ3v) is 5.77. The van der Waals surface area contributed by atoms with E-state index in [4.69, 9.17) is 0 Å². The summed E-state index contributed by atoms with van der Waals surface area (Å²) in [6.07, 6.45) is 2.16. The third-order valence-electron chi connectivity index (χ3n) is 4.81. The van der Waals surface area contributed by atoms with Crippen LogP contribution in [0, 0.1) is 0 Å². The number of hydrogen-bond donors (Lipinski definition) is 0. The molecule has 2 amide bonds. The lowest BCUT2D eigenvalue weighted by molar-refractivity contribution is -0.130. The molecule has 0 saturated carbocycles. The molecule has 0 aliphatic carbocycles. The summed E-state index contributed by atoms with van der Waals surface area (Å²) in [5, 5.41) is 0.735. The number of hydrogen-bond acceptors (Lipinski definition) is 4. The molecule has 2 aromatic rings. The van der Waals surface area contributed by atoms with Crippen molar-refractivity contribution >= 4 is 34.6 Å². The number of likely N-dealkylation sites (tertiary alicyclic amines) is 1. The van der Waals surface area contributed by atoms with Crippen LogP contribution in [0.25, 0.3) is 11.0 Å². The highest BCUT2D eigenvalue weighted by molar-refractivity contribution is 7.99. The molecular weight excluding hydrogens is 348 g/mol. The van der Waals surface area contributed by atoms with Crippen molar-refractivity contribution in [2.24, 2.45) is 0 Å². The lowest BCUT2D eigenvalue weighted by atomic mass is 10.3. The van der Waals surface area contributed by atoms with Crippen molar-refractivity contribution in [2.75, 3.05) is 31.9 Å². The van der Waals surface area contributed by atoms with E-state index in [9.17, 15) is 9.59 Å². The fourth-order valence-corrected chi connectivity index (χ4v) is 4.23. The smallest absolute Gasteiger partial charge is 0.242 e. The van der Waals surface area contributed by atoms with Crippen molar-refractivity contribution in [3.05, 3.63) is 24.3 Å². The van der Waals surface area contributed by atoms with Gasteiger partial charge in [-0.15, -0.1) is 0 Å². The van der Waals surface area contributed by atoms with Gasteiger partial charge in [0.15, 0.2) is 5.16 Å². The molecule has 1 aromatic heterocycles. The minimum atomic E-state index is 0.101. The number of para-hydroxylation sites is 2. The number of nitrogens with zero attached hydrogens (tertiary/aromatic N) is 4. The number of amides is 2. The van der Waals surface area contributed by atoms with E-state index in [2.05, 4.69) is 4.98 Å². The largest absolute Gasteiger partial charge is 0.343 e. The molecule has 0 bridgehead atoms. The van der Waals surface area contributed by atoms with E-state index in [1.165, 1.54) is 11.8 Å². The fourth-order valence-electron chi connectivity index (χ4n) is 3.31. The Bertz CT molecular complexity index is 779. The van der Waals surface area contributed by atoms with E-state index in [1.807, 2.05) is 52.5 Å². The van der Waals surface area contributed by atoms with Crippen molar-refractivity contribution in [1.82, 2.24) is 19.4 Å². The number of rotatable bonds is 7. The molecule has 0 radical (unpaired) electrons. The van der Waals surface area contributed by atoms with Gasteiger partial charge in [0.2, 0.25) is 11.8 Å². The van der Waals surface area contributed by atoms with Gasteiger partial charge in [-0.2, -0.15) is 0 Å². The number of aromatic nitrogens is 2. The molecule has 1 fully saturated rings. The zero-order chi connectivity index (χ0) is 18.5. The Morgan fingerprint density at radius 3 is 2.54 bits per heavy atom. The molecule has 140 valence electrons. The molecule has 1 aromatic carbocycles. The van der Waals surface area contributed by atoms with Gasteiger partial charge in [-0.3, -0.25) is 9.59 Å². The van der Waals surface area contributed by atoms with Gasteiger partial charge in [-0.25, -0.2) is 4.98 Å². The average molecular weight is 375 g/mol. The quantitative estimate of drug-likeness (QED) is 0.699. The second kappa shape index (κ2) is 8.58. The van der Waals surface area contributed by atoms with Crippen LogP contribution in [0.2, 0.25) is 0 Å². The Labute approximate surface area is 158 Å². The number of benzene rings is 1. The van der Waals surface area contributed by atoms with Gasteiger partial charge in [-0.1, -0.05) is 23.9 Å². The standard InChI is InChI=1S/C19H26N4O2S/c1-3-21(4-2)18(25)14-26-19-20-15-9-5-6-10-16(15)23(19)13-17(24)22-11-7-8-12-22/h5-6,9-10H,3-4,7-8,11-14H2,1-2H3. The Kier molecular flexibility index (Phi) is 6.19. The van der Waals surface area contributed by atoms with E-state index in [-0.39, 0.29) is 18.4 Å². The molecule has 0 N–H and O–H groups in total. The zero-order valence-corrected chi connectivity index (χ0v) is 16.3. The molecule has 1 aliphatic rings. The highest BCUT2D eigenvalue weighted by Crippen LogP contribution is 2.25. The van der Waals surface area contributed by atoms with Crippen LogP contribution >= 0.6 is 11.8 Å². The summed E-state index contributed by atoms with van der Waals surface area (Å²) in [6.45, 7) is 7.34. The normalized spacial score (nSPS) is 14.2. The van der Waals surface area contributed by atoms with Crippen molar-refractivity contribution in [1.29, 1.82) is 0 Å². The topological polar surface area (TPSA) is 58.4 Å². The maximum absolute atomic E-state index is 12.6. The molecule has 6 nitrogen and oxygen atoms in total. The van der Waals surface area contributed by atoms with Crippen LogP contribution in [-0.4, -0.2) is 63.1 Å². The van der Waals surface area contributed by atoms with Crippen LogP contribution in [-0.2, 0) is 16.1 Å². The van der Waals surface area contributed by atoms with E-state index in [1.54, 1.807) is 0 Å². The third kappa shape index (κ3) is 4.03. The highest BCUT2D eigenvalue weighted by atomic mass is 32.2. The lowest BCUT2D eigenvalue weighted by Crippen LogP contribution is -2.32. The zero-order valence-electron chi connectivity index (χ0n) is 15.5. The summed E-state index contributed by atoms with van der Waals surface area (Å²) in [4.78, 5) is 33.4. The average Bonchev–Trinajstić information content (AvgIpc) is 3.30. The van der Waals surface area contributed by atoms with Crippen molar-refractivity contribution in [2.45, 2.75) is 38.4 Å². The summed E-state index contributed by atoms with van der Waals surface area (Å²) in [6, 6.07) is 7.83. The van der Waals surface area contributed by atoms with Crippen molar-refractivity contribution in [3.8, 4) is 0 Å². The first kappa shape index (κ1) is 18.8. The van der Waals surface area contributed by atoms with Gasteiger partial charge < -0.3 is 14.4 Å². The van der Waals surface area contributed by atoms with Gasteiger partial charge in [0.05, 0.1) is 16.8 Å². The molecule has 7 heteroatoms. The molecule has 1 aliphatic heterocycles. The van der Waals surface area contributed by atoms with Gasteiger partial charge in [0, 0.05) is 26.2 Å². The Balaban J connectivity index is 1.80. The summed E-state index contributed by atoms with van der Waals surface area (Å²) < 4.78 is 1.95. The highest BCUT2D eigenvalue weighted by Gasteiger charge is 2.21. The minimum absolute atomic E-state index is 0.101. The number of carbonyl (C=O) groups is 2. The number of carbonyl (C=O) groups excluding carboxylic acids is 2. The molecule has 1 saturated heterocycles. The molecule has 0 unspecified atom stereocenters. The fraction of sp³-hybridized carbons (Fsp3) is 0.526. The maximum atomic E-state index is 12.6. The molecule has 2 heterocycles. The van der Waals surface area contributed by atoms with Crippen LogP contribution in [0.5, 0.6) is 0 Å². The number of thioether (sulfide) groups is 1. The second-order valence-electron chi connectivity index (χ2n) is 6.41. The monoisotopic (exact) mass is 374 g/mol. The van der Waals surface area contributed by atoms with E-state index in [0.717, 1.165) is 42.1 Å². The van der Waals surface area contributed by atoms with E-state index >= 15 is 0 Å². The SMILES string of the molecule is CCN(CC)C(=O)CSc1nc2ccccc2n1CC(=O)N1CCCC1. The first-order valence-electron chi connectivity index (χ1n) is 9.27. The van der Waals surface area contributed by atoms with Crippen LogP contribution < -0.4 is 0 Å². The Morgan fingerprint density at radius 2 is 1.85 bits per heavy atom. The summed E-state index contributed by atoms with van der Waals surface area (Å²) >= 11 is 1.41. The van der Waals surface area contributed by atoms with Crippen LogP contribution in [0.1, 0.15) is 26.7 Å². The van der Waals surface area contributed by atoms with Gasteiger partial charge >= 0.3 is 0 Å². The van der Waals surface area contributed by atoms with Crippen LogP contribution in [0.4, 0.5) is 0 Å². The predicted octanol–water partition coefficient (Wildman–Crippen LogP) is 2.62. The lowest BCUT2D eigenvalue weighted by Gasteiger charge is -2.19. The predicted molar refractivity (Wildman–Crippen MR) is 104 cm³/mol. The summed E-state index contributed by atoms with van der Waals surface area (Å²) in [5.41, 5.74) is 1.80. The van der Waals surface area contributed by atoms with E-state index in [0.29, 0.717) is 18.8 Å². The van der Waals surface area contributed by atoms with Gasteiger partial charge in [0.1, 0.15) is 6.54 Å². The molecule has 3 rings (SSSR count). The second-order valence-corrected chi connectivity index (χ2v) is 7.35. The van der Waals surface area contributed by atoms with Crippen molar-refractivity contribution in [3.63, 3.8) is 0 Å². The summed E-state index contributed by atoms with van der Waals surface area (Å²) in [7, 11) is 0. The van der Waals surface area contributed by atoms with Crippen LogP contribution in [0.3, 0.4) is 0 Å². The van der Waals surface area contributed by atoms with Crippen LogP contribution in [0.15, 0.2) is 29.4 Å².